The Kier molecular flexibility index (Phi) is 4.35. The minimum atomic E-state index is -0.143. The van der Waals surface area contributed by atoms with E-state index in [2.05, 4.69) is 4.98 Å². The van der Waals surface area contributed by atoms with Crippen molar-refractivity contribution in [2.24, 2.45) is 0 Å². The zero-order chi connectivity index (χ0) is 13.7. The Labute approximate surface area is 115 Å². The van der Waals surface area contributed by atoms with Gasteiger partial charge in [0.2, 0.25) is 0 Å². The van der Waals surface area contributed by atoms with Gasteiger partial charge >= 0.3 is 0 Å². The van der Waals surface area contributed by atoms with E-state index in [1.165, 1.54) is 0 Å². The molecule has 0 amide bonds. The second kappa shape index (κ2) is 6.19. The van der Waals surface area contributed by atoms with E-state index >= 15 is 0 Å². The number of ether oxygens (including phenoxy) is 1. The SMILES string of the molecule is N#Cc1cc(COc2ccc(Cl)cc2CO)ccn1. The molecule has 19 heavy (non-hydrogen) atoms. The van der Waals surface area contributed by atoms with Crippen LogP contribution in [0.25, 0.3) is 0 Å². The zero-order valence-corrected chi connectivity index (χ0v) is 10.8. The lowest BCUT2D eigenvalue weighted by Gasteiger charge is -2.10. The zero-order valence-electron chi connectivity index (χ0n) is 10.0. The number of rotatable bonds is 4. The van der Waals surface area contributed by atoms with Crippen molar-refractivity contribution in [2.75, 3.05) is 0 Å². The number of nitriles is 1. The number of hydrogen-bond donors (Lipinski definition) is 1. The Hall–Kier alpha value is -2.09. The van der Waals surface area contributed by atoms with Gasteiger partial charge in [0.25, 0.3) is 0 Å². The summed E-state index contributed by atoms with van der Waals surface area (Å²) in [5.41, 5.74) is 1.81. The van der Waals surface area contributed by atoms with Gasteiger partial charge < -0.3 is 9.84 Å². The van der Waals surface area contributed by atoms with Gasteiger partial charge in [0.1, 0.15) is 24.1 Å². The lowest BCUT2D eigenvalue weighted by molar-refractivity contribution is 0.259. The minimum Gasteiger partial charge on any atom is -0.489 e. The summed E-state index contributed by atoms with van der Waals surface area (Å²) in [5, 5.41) is 18.5. The van der Waals surface area contributed by atoms with Gasteiger partial charge in [0.05, 0.1) is 6.61 Å². The standard InChI is InChI=1S/C14H11ClN2O2/c15-12-1-2-14(11(6-12)8-18)19-9-10-3-4-17-13(5-10)7-16/h1-6,18H,8-9H2. The predicted molar refractivity (Wildman–Crippen MR) is 70.7 cm³/mol. The Balaban J connectivity index is 2.12. The first-order valence-corrected chi connectivity index (χ1v) is 5.98. The molecule has 1 heterocycles. The van der Waals surface area contributed by atoms with Crippen molar-refractivity contribution >= 4 is 11.6 Å². The van der Waals surface area contributed by atoms with E-state index in [-0.39, 0.29) is 6.61 Å². The topological polar surface area (TPSA) is 66.1 Å². The molecule has 0 atom stereocenters. The fourth-order valence-corrected chi connectivity index (χ4v) is 1.79. The molecule has 1 N–H and O–H groups in total. The van der Waals surface area contributed by atoms with Crippen LogP contribution in [0.5, 0.6) is 5.75 Å². The van der Waals surface area contributed by atoms with Crippen molar-refractivity contribution in [3.8, 4) is 11.8 Å². The maximum absolute atomic E-state index is 9.23. The maximum atomic E-state index is 9.23. The molecule has 0 radical (unpaired) electrons. The lowest BCUT2D eigenvalue weighted by atomic mass is 10.2. The third kappa shape index (κ3) is 3.44. The van der Waals surface area contributed by atoms with Crippen molar-refractivity contribution < 1.29 is 9.84 Å². The van der Waals surface area contributed by atoms with Crippen LogP contribution >= 0.6 is 11.6 Å². The molecule has 1 aromatic heterocycles. The van der Waals surface area contributed by atoms with Crippen molar-refractivity contribution in [3.05, 3.63) is 58.4 Å². The van der Waals surface area contributed by atoms with Crippen LogP contribution in [-0.4, -0.2) is 10.1 Å². The molecule has 0 aliphatic rings. The first-order valence-electron chi connectivity index (χ1n) is 5.60. The highest BCUT2D eigenvalue weighted by molar-refractivity contribution is 6.30. The summed E-state index contributed by atoms with van der Waals surface area (Å²) in [7, 11) is 0. The second-order valence-corrected chi connectivity index (χ2v) is 4.30. The number of aliphatic hydroxyl groups excluding tert-OH is 1. The van der Waals surface area contributed by atoms with Gasteiger partial charge in [0, 0.05) is 16.8 Å². The maximum Gasteiger partial charge on any atom is 0.140 e. The van der Waals surface area contributed by atoms with Gasteiger partial charge in [-0.25, -0.2) is 4.98 Å². The summed E-state index contributed by atoms with van der Waals surface area (Å²) in [6, 6.07) is 10.5. The highest BCUT2D eigenvalue weighted by atomic mass is 35.5. The summed E-state index contributed by atoms with van der Waals surface area (Å²) in [6.45, 7) is 0.154. The van der Waals surface area contributed by atoms with Crippen molar-refractivity contribution in [1.82, 2.24) is 4.98 Å². The average molecular weight is 275 g/mol. The number of aliphatic hydroxyl groups is 1. The molecule has 1 aromatic carbocycles. The van der Waals surface area contributed by atoms with Gasteiger partial charge in [0.15, 0.2) is 0 Å². The van der Waals surface area contributed by atoms with Gasteiger partial charge in [-0.3, -0.25) is 0 Å². The van der Waals surface area contributed by atoms with E-state index in [9.17, 15) is 5.11 Å². The fourth-order valence-electron chi connectivity index (χ4n) is 1.60. The van der Waals surface area contributed by atoms with Crippen LogP contribution in [-0.2, 0) is 13.2 Å². The quantitative estimate of drug-likeness (QED) is 0.931. The summed E-state index contributed by atoms with van der Waals surface area (Å²) < 4.78 is 5.61. The Morgan fingerprint density at radius 2 is 2.16 bits per heavy atom. The smallest absolute Gasteiger partial charge is 0.140 e. The van der Waals surface area contributed by atoms with Crippen LogP contribution in [0.1, 0.15) is 16.8 Å². The van der Waals surface area contributed by atoms with E-state index in [1.54, 1.807) is 36.5 Å². The van der Waals surface area contributed by atoms with Crippen molar-refractivity contribution in [3.63, 3.8) is 0 Å². The molecular formula is C14H11ClN2O2. The molecular weight excluding hydrogens is 264 g/mol. The van der Waals surface area contributed by atoms with Crippen LogP contribution in [0.3, 0.4) is 0 Å². The van der Waals surface area contributed by atoms with E-state index in [1.807, 2.05) is 6.07 Å². The number of nitrogens with zero attached hydrogens (tertiary/aromatic N) is 2. The molecule has 0 saturated heterocycles. The summed E-state index contributed by atoms with van der Waals surface area (Å²) in [6.07, 6.45) is 1.56. The third-order valence-electron chi connectivity index (χ3n) is 2.53. The molecule has 0 aliphatic carbocycles. The van der Waals surface area contributed by atoms with E-state index in [4.69, 9.17) is 21.6 Å². The molecule has 0 spiro atoms. The first kappa shape index (κ1) is 13.3. The highest BCUT2D eigenvalue weighted by Gasteiger charge is 2.05. The van der Waals surface area contributed by atoms with Crippen LogP contribution in [0.4, 0.5) is 0 Å². The number of aromatic nitrogens is 1. The molecule has 96 valence electrons. The molecule has 2 rings (SSSR count). The summed E-state index contributed by atoms with van der Waals surface area (Å²) in [5.74, 6) is 0.571. The van der Waals surface area contributed by atoms with Gasteiger partial charge in [-0.15, -0.1) is 0 Å². The number of pyridine rings is 1. The molecule has 5 heteroatoms. The largest absolute Gasteiger partial charge is 0.489 e. The number of hydrogen-bond acceptors (Lipinski definition) is 4. The van der Waals surface area contributed by atoms with Crippen LogP contribution < -0.4 is 4.74 Å². The first-order chi connectivity index (χ1) is 9.22. The Bertz CT molecular complexity index is 623. The molecule has 0 aliphatic heterocycles. The van der Waals surface area contributed by atoms with Gasteiger partial charge in [-0.05, 0) is 35.9 Å². The third-order valence-corrected chi connectivity index (χ3v) is 2.76. The van der Waals surface area contributed by atoms with Crippen LogP contribution in [0, 0.1) is 11.3 Å². The van der Waals surface area contributed by atoms with E-state index < -0.39 is 0 Å². The summed E-state index contributed by atoms with van der Waals surface area (Å²) in [4.78, 5) is 3.88. The average Bonchev–Trinajstić information content (AvgIpc) is 2.46. The molecule has 0 fully saturated rings. The lowest BCUT2D eigenvalue weighted by Crippen LogP contribution is -1.99. The molecule has 4 nitrogen and oxygen atoms in total. The highest BCUT2D eigenvalue weighted by Crippen LogP contribution is 2.23. The van der Waals surface area contributed by atoms with Crippen LogP contribution in [0.2, 0.25) is 5.02 Å². The van der Waals surface area contributed by atoms with Gasteiger partial charge in [-0.2, -0.15) is 5.26 Å². The Morgan fingerprint density at radius 3 is 2.89 bits per heavy atom. The van der Waals surface area contributed by atoms with Crippen molar-refractivity contribution in [1.29, 1.82) is 5.26 Å². The van der Waals surface area contributed by atoms with Crippen molar-refractivity contribution in [2.45, 2.75) is 13.2 Å². The fraction of sp³-hybridized carbons (Fsp3) is 0.143. The van der Waals surface area contributed by atoms with E-state index in [0.29, 0.717) is 28.6 Å². The van der Waals surface area contributed by atoms with E-state index in [0.717, 1.165) is 5.56 Å². The molecule has 2 aromatic rings. The molecule has 0 unspecified atom stereocenters. The number of halogens is 1. The van der Waals surface area contributed by atoms with Crippen LogP contribution in [0.15, 0.2) is 36.5 Å². The molecule has 0 saturated carbocycles. The Morgan fingerprint density at radius 1 is 1.32 bits per heavy atom. The normalized spacial score (nSPS) is 9.95. The monoisotopic (exact) mass is 274 g/mol. The second-order valence-electron chi connectivity index (χ2n) is 3.86. The predicted octanol–water partition coefficient (Wildman–Crippen LogP) is 2.68. The minimum absolute atomic E-state index is 0.143. The molecule has 0 bridgehead atoms. The van der Waals surface area contributed by atoms with Gasteiger partial charge in [-0.1, -0.05) is 11.6 Å². The number of benzene rings is 1. The summed E-state index contributed by atoms with van der Waals surface area (Å²) >= 11 is 5.84.